The predicted octanol–water partition coefficient (Wildman–Crippen LogP) is 0.801. The topological polar surface area (TPSA) is 3.24 Å². The van der Waals surface area contributed by atoms with Gasteiger partial charge in [-0.15, -0.1) is 0 Å². The van der Waals surface area contributed by atoms with E-state index in [0.29, 0.717) is 13.1 Å². The van der Waals surface area contributed by atoms with Gasteiger partial charge in [0.05, 0.1) is 0 Å². The van der Waals surface area contributed by atoms with Crippen molar-refractivity contribution in [3.05, 3.63) is 0 Å². The minimum atomic E-state index is -2.40. The van der Waals surface area contributed by atoms with Crippen molar-refractivity contribution in [2.75, 3.05) is 13.1 Å². The van der Waals surface area contributed by atoms with Crippen molar-refractivity contribution < 1.29 is 8.78 Å². The van der Waals surface area contributed by atoms with Crippen molar-refractivity contribution >= 4 is 16.2 Å². The standard InChI is InChI=1S/C5H8F2NSe/c6-5(7)1-3-8(9)4-2-5/h1-4H2. The van der Waals surface area contributed by atoms with Gasteiger partial charge in [-0.1, -0.05) is 0 Å². The Balaban J connectivity index is 2.35. The Hall–Kier alpha value is 0.339. The molecule has 53 valence electrons. The van der Waals surface area contributed by atoms with E-state index in [0.717, 1.165) is 0 Å². The van der Waals surface area contributed by atoms with Crippen LogP contribution in [0.5, 0.6) is 0 Å². The molecule has 1 radical (unpaired) electrons. The van der Waals surface area contributed by atoms with E-state index in [9.17, 15) is 8.78 Å². The van der Waals surface area contributed by atoms with Gasteiger partial charge in [0.15, 0.2) is 0 Å². The van der Waals surface area contributed by atoms with E-state index in [1.807, 2.05) is 0 Å². The van der Waals surface area contributed by atoms with Crippen molar-refractivity contribution in [1.82, 2.24) is 3.92 Å². The van der Waals surface area contributed by atoms with Gasteiger partial charge in [-0.05, 0) is 0 Å². The number of alkyl halides is 2. The van der Waals surface area contributed by atoms with Crippen LogP contribution in [0.3, 0.4) is 0 Å². The minimum absolute atomic E-state index is 0. The summed E-state index contributed by atoms with van der Waals surface area (Å²) in [6.07, 6.45) is 0. The maximum absolute atomic E-state index is 12.3. The second kappa shape index (κ2) is 2.52. The zero-order valence-electron chi connectivity index (χ0n) is 4.94. The van der Waals surface area contributed by atoms with Gasteiger partial charge in [-0.2, -0.15) is 0 Å². The molecule has 1 heterocycles. The van der Waals surface area contributed by atoms with Crippen LogP contribution < -0.4 is 0 Å². The third-order valence-corrected chi connectivity index (χ3v) is 2.22. The Morgan fingerprint density at radius 1 is 1.22 bits per heavy atom. The van der Waals surface area contributed by atoms with E-state index in [1.165, 1.54) is 0 Å². The van der Waals surface area contributed by atoms with Gasteiger partial charge in [-0.25, -0.2) is 0 Å². The Bertz CT molecular complexity index is 97.1. The quantitative estimate of drug-likeness (QED) is 0.521. The molecule has 0 amide bonds. The molecule has 0 aliphatic carbocycles. The molecule has 1 aliphatic heterocycles. The molecule has 0 atom stereocenters. The normalized spacial score (nSPS) is 28.3. The number of nitrogens with zero attached hydrogens (tertiary/aromatic N) is 1. The Morgan fingerprint density at radius 3 is 2.00 bits per heavy atom. The molecule has 0 saturated carbocycles. The summed E-state index contributed by atoms with van der Waals surface area (Å²) in [6.45, 7) is 0.958. The van der Waals surface area contributed by atoms with E-state index in [4.69, 9.17) is 0 Å². The Labute approximate surface area is 61.4 Å². The second-order valence-electron chi connectivity index (χ2n) is 2.28. The zero-order chi connectivity index (χ0) is 6.91. The van der Waals surface area contributed by atoms with Crippen LogP contribution >= 0.6 is 0 Å². The van der Waals surface area contributed by atoms with Crippen molar-refractivity contribution in [2.45, 2.75) is 18.8 Å². The molecule has 1 saturated heterocycles. The molecule has 9 heavy (non-hydrogen) atoms. The zero-order valence-corrected chi connectivity index (χ0v) is 6.65. The van der Waals surface area contributed by atoms with Crippen molar-refractivity contribution in [3.8, 4) is 0 Å². The van der Waals surface area contributed by atoms with Gasteiger partial charge >= 0.3 is 60.8 Å². The van der Waals surface area contributed by atoms with Gasteiger partial charge in [0, 0.05) is 0 Å². The third-order valence-electron chi connectivity index (χ3n) is 1.45. The van der Waals surface area contributed by atoms with Crippen molar-refractivity contribution in [2.24, 2.45) is 0 Å². The van der Waals surface area contributed by atoms with Gasteiger partial charge in [-0.3, -0.25) is 0 Å². The summed E-state index contributed by atoms with van der Waals surface area (Å²) >= 11 is 2.72. The van der Waals surface area contributed by atoms with Crippen LogP contribution in [-0.2, 0) is 0 Å². The summed E-state index contributed by atoms with van der Waals surface area (Å²) in [5.74, 6) is -2.40. The first-order valence-corrected chi connectivity index (χ1v) is 3.67. The molecule has 1 fully saturated rings. The third kappa shape index (κ3) is 2.20. The molecule has 0 spiro atoms. The number of rotatable bonds is 0. The molecule has 0 aromatic rings. The molecule has 0 unspecified atom stereocenters. The summed E-state index contributed by atoms with van der Waals surface area (Å²) in [5.41, 5.74) is 0. The van der Waals surface area contributed by atoms with Crippen LogP contribution in [0.1, 0.15) is 12.8 Å². The van der Waals surface area contributed by atoms with Crippen molar-refractivity contribution in [1.29, 1.82) is 0 Å². The van der Waals surface area contributed by atoms with Crippen LogP contribution in [0, 0.1) is 0 Å². The van der Waals surface area contributed by atoms with Crippen LogP contribution in [0.4, 0.5) is 8.78 Å². The monoisotopic (exact) mass is 200 g/mol. The first-order valence-electron chi connectivity index (χ1n) is 2.90. The number of piperidine rings is 1. The molecular weight excluding hydrogens is 191 g/mol. The Morgan fingerprint density at radius 2 is 1.67 bits per heavy atom. The number of halogens is 2. The van der Waals surface area contributed by atoms with Gasteiger partial charge in [0.2, 0.25) is 0 Å². The van der Waals surface area contributed by atoms with Crippen LogP contribution in [0.25, 0.3) is 0 Å². The summed E-state index contributed by atoms with van der Waals surface area (Å²) in [6, 6.07) is 0. The first-order chi connectivity index (χ1) is 4.10. The molecule has 0 aromatic heterocycles. The van der Waals surface area contributed by atoms with Crippen molar-refractivity contribution in [3.63, 3.8) is 0 Å². The van der Waals surface area contributed by atoms with E-state index >= 15 is 0 Å². The van der Waals surface area contributed by atoms with Gasteiger partial charge < -0.3 is 0 Å². The van der Waals surface area contributed by atoms with Crippen LogP contribution in [-0.4, -0.2) is 39.2 Å². The fourth-order valence-corrected chi connectivity index (χ4v) is 1.20. The maximum atomic E-state index is 12.3. The van der Waals surface area contributed by atoms with Crippen LogP contribution in [0.2, 0.25) is 0 Å². The summed E-state index contributed by atoms with van der Waals surface area (Å²) < 4.78 is 26.5. The van der Waals surface area contributed by atoms with E-state index < -0.39 is 5.92 Å². The number of hydrogen-bond donors (Lipinski definition) is 0. The molecule has 1 aliphatic rings. The van der Waals surface area contributed by atoms with E-state index in [1.54, 1.807) is 3.92 Å². The summed E-state index contributed by atoms with van der Waals surface area (Å²) in [4.78, 5) is 0. The van der Waals surface area contributed by atoms with E-state index in [-0.39, 0.29) is 12.8 Å². The van der Waals surface area contributed by atoms with Gasteiger partial charge in [0.25, 0.3) is 0 Å². The second-order valence-corrected chi connectivity index (χ2v) is 3.37. The molecule has 4 heteroatoms. The number of hydrogen-bond acceptors (Lipinski definition) is 1. The summed E-state index contributed by atoms with van der Waals surface area (Å²) in [5, 5.41) is 0. The Kier molecular flexibility index (Phi) is 2.09. The fraction of sp³-hybridized carbons (Fsp3) is 1.00. The molecule has 1 nitrogen and oxygen atoms in total. The SMILES string of the molecule is FC1(F)CCN([Se])CC1. The molecular formula is C5H8F2NSe. The first kappa shape index (κ1) is 7.45. The average Bonchev–Trinajstić information content (AvgIpc) is 1.78. The summed E-state index contributed by atoms with van der Waals surface area (Å²) in [7, 11) is 0. The van der Waals surface area contributed by atoms with Gasteiger partial charge in [0.1, 0.15) is 0 Å². The molecule has 0 bridgehead atoms. The predicted molar refractivity (Wildman–Crippen MR) is 31.5 cm³/mol. The average molecular weight is 199 g/mol. The van der Waals surface area contributed by atoms with Crippen LogP contribution in [0.15, 0.2) is 0 Å². The van der Waals surface area contributed by atoms with E-state index in [2.05, 4.69) is 16.2 Å². The molecule has 0 aromatic carbocycles. The molecule has 0 N–H and O–H groups in total. The molecule has 1 rings (SSSR count). The fourth-order valence-electron chi connectivity index (χ4n) is 0.813.